The molecule has 1 aliphatic rings. The molecule has 0 radical (unpaired) electrons. The highest BCUT2D eigenvalue weighted by Gasteiger charge is 2.39. The molecule has 0 saturated carbocycles. The lowest BCUT2D eigenvalue weighted by Gasteiger charge is -2.38. The third-order valence-electron chi connectivity index (χ3n) is 3.89. The second kappa shape index (κ2) is 5.92. The molecule has 0 unspecified atom stereocenters. The average molecular weight is 364 g/mol. The van der Waals surface area contributed by atoms with Gasteiger partial charge in [0.2, 0.25) is 10.1 Å². The van der Waals surface area contributed by atoms with Crippen LogP contribution in [0.1, 0.15) is 23.4 Å². The number of aromatic nitrogens is 2. The van der Waals surface area contributed by atoms with E-state index in [1.54, 1.807) is 29.2 Å². The van der Waals surface area contributed by atoms with Crippen molar-refractivity contribution in [1.82, 2.24) is 10.2 Å². The van der Waals surface area contributed by atoms with E-state index >= 15 is 0 Å². The molecule has 1 fully saturated rings. The number of piperidine rings is 1. The van der Waals surface area contributed by atoms with E-state index in [1.165, 1.54) is 0 Å². The highest BCUT2D eigenvalue weighted by molar-refractivity contribution is 7.15. The van der Waals surface area contributed by atoms with Gasteiger partial charge in [-0.05, 0) is 18.9 Å². The number of hydrogen-bond acceptors (Lipinski definition) is 5. The molecule has 0 spiro atoms. The maximum absolute atomic E-state index is 12.6. The predicted molar refractivity (Wildman–Crippen MR) is 81.7 cm³/mol. The van der Waals surface area contributed by atoms with Crippen molar-refractivity contribution in [3.8, 4) is 0 Å². The minimum absolute atomic E-state index is 0.221. The Kier molecular flexibility index (Phi) is 4.24. The summed E-state index contributed by atoms with van der Waals surface area (Å²) in [6, 6.07) is 7.06. The van der Waals surface area contributed by atoms with E-state index in [1.807, 2.05) is 0 Å². The van der Waals surface area contributed by atoms with Gasteiger partial charge in [0.15, 0.2) is 0 Å². The van der Waals surface area contributed by atoms with E-state index in [4.69, 9.17) is 11.6 Å². The molecule has 1 aromatic carbocycles. The summed E-state index contributed by atoms with van der Waals surface area (Å²) in [5.41, 5.74) is -0.429. The number of nitrogens with zero attached hydrogens (tertiary/aromatic N) is 3. The first-order valence-electron chi connectivity index (χ1n) is 6.93. The number of rotatable bonds is 2. The van der Waals surface area contributed by atoms with Gasteiger partial charge in [-0.1, -0.05) is 41.1 Å². The lowest BCUT2D eigenvalue weighted by atomic mass is 9.84. The molecule has 9 heteroatoms. The number of benzene rings is 1. The number of alkyl halides is 3. The summed E-state index contributed by atoms with van der Waals surface area (Å²) in [7, 11) is 0. The second-order valence-corrected chi connectivity index (χ2v) is 6.75. The van der Waals surface area contributed by atoms with E-state index < -0.39 is 16.8 Å². The summed E-state index contributed by atoms with van der Waals surface area (Å²) >= 11 is 6.65. The van der Waals surface area contributed by atoms with Crippen LogP contribution in [0.5, 0.6) is 0 Å². The van der Waals surface area contributed by atoms with Crippen LogP contribution in [0.25, 0.3) is 0 Å². The van der Waals surface area contributed by atoms with E-state index in [2.05, 4.69) is 10.2 Å². The van der Waals surface area contributed by atoms with Gasteiger partial charge < -0.3 is 10.0 Å². The van der Waals surface area contributed by atoms with Crippen molar-refractivity contribution in [3.63, 3.8) is 0 Å². The molecule has 0 bridgehead atoms. The van der Waals surface area contributed by atoms with Crippen LogP contribution in [-0.4, -0.2) is 28.4 Å². The average Bonchev–Trinajstić information content (AvgIpc) is 2.98. The zero-order chi connectivity index (χ0) is 16.7. The minimum Gasteiger partial charge on any atom is -0.385 e. The van der Waals surface area contributed by atoms with Crippen LogP contribution in [0, 0.1) is 0 Å². The molecule has 1 aromatic heterocycles. The summed E-state index contributed by atoms with van der Waals surface area (Å²) in [6.07, 6.45) is -3.76. The molecule has 1 aliphatic heterocycles. The molecule has 2 aromatic rings. The molecule has 0 atom stereocenters. The Hall–Kier alpha value is -1.38. The van der Waals surface area contributed by atoms with Crippen molar-refractivity contribution >= 4 is 28.1 Å². The van der Waals surface area contributed by atoms with Crippen LogP contribution >= 0.6 is 22.9 Å². The highest BCUT2D eigenvalue weighted by atomic mass is 35.5. The molecule has 0 amide bonds. The lowest BCUT2D eigenvalue weighted by molar-refractivity contribution is -0.138. The largest absolute Gasteiger partial charge is 0.445 e. The third kappa shape index (κ3) is 3.29. The van der Waals surface area contributed by atoms with Gasteiger partial charge in [-0.25, -0.2) is 0 Å². The molecular formula is C14H13ClF3N3OS. The number of aliphatic hydroxyl groups is 1. The van der Waals surface area contributed by atoms with Crippen LogP contribution in [0.3, 0.4) is 0 Å². The topological polar surface area (TPSA) is 49.2 Å². The van der Waals surface area contributed by atoms with Gasteiger partial charge in [0.05, 0.1) is 5.60 Å². The van der Waals surface area contributed by atoms with E-state index in [0.717, 1.165) is 0 Å². The Morgan fingerprint density at radius 1 is 1.17 bits per heavy atom. The fourth-order valence-electron chi connectivity index (χ4n) is 2.63. The van der Waals surface area contributed by atoms with E-state index in [-0.39, 0.29) is 5.13 Å². The van der Waals surface area contributed by atoms with Gasteiger partial charge in [0.25, 0.3) is 0 Å². The Labute approximate surface area is 139 Å². The molecular weight excluding hydrogens is 351 g/mol. The van der Waals surface area contributed by atoms with Gasteiger partial charge in [-0.2, -0.15) is 13.2 Å². The minimum atomic E-state index is -4.48. The van der Waals surface area contributed by atoms with E-state index in [0.29, 0.717) is 47.9 Å². The number of hydrogen-bond donors (Lipinski definition) is 1. The molecule has 4 nitrogen and oxygen atoms in total. The summed E-state index contributed by atoms with van der Waals surface area (Å²) in [4.78, 5) is 1.71. The van der Waals surface area contributed by atoms with Crippen molar-refractivity contribution < 1.29 is 18.3 Å². The maximum Gasteiger partial charge on any atom is 0.445 e. The van der Waals surface area contributed by atoms with Crippen molar-refractivity contribution in [3.05, 3.63) is 39.9 Å². The Bertz CT molecular complexity index is 699. The fraction of sp³-hybridized carbons (Fsp3) is 0.429. The monoisotopic (exact) mass is 363 g/mol. The van der Waals surface area contributed by atoms with Crippen LogP contribution in [0.4, 0.5) is 18.3 Å². The smallest absolute Gasteiger partial charge is 0.385 e. The first kappa shape index (κ1) is 16.5. The molecule has 124 valence electrons. The number of anilines is 1. The quantitative estimate of drug-likeness (QED) is 0.884. The standard InChI is InChI=1S/C14H13ClF3N3OS/c15-10-4-2-1-3-9(10)13(22)5-7-21(8-6-13)12-20-19-11(23-12)14(16,17)18/h1-4,22H,5-8H2. The SMILES string of the molecule is OC1(c2ccccc2Cl)CCN(c2nnc(C(F)(F)F)s2)CC1. The normalized spacial score (nSPS) is 18.2. The fourth-order valence-corrected chi connectivity index (χ4v) is 3.71. The van der Waals surface area contributed by atoms with Crippen LogP contribution < -0.4 is 4.90 Å². The van der Waals surface area contributed by atoms with Crippen molar-refractivity contribution in [2.75, 3.05) is 18.0 Å². The van der Waals surface area contributed by atoms with Crippen molar-refractivity contribution in [2.45, 2.75) is 24.6 Å². The van der Waals surface area contributed by atoms with Crippen molar-refractivity contribution in [1.29, 1.82) is 0 Å². The number of halogens is 4. The highest BCUT2D eigenvalue weighted by Crippen LogP contribution is 2.39. The van der Waals surface area contributed by atoms with Gasteiger partial charge in [-0.15, -0.1) is 10.2 Å². The van der Waals surface area contributed by atoms with Crippen LogP contribution in [0.2, 0.25) is 5.02 Å². The van der Waals surface area contributed by atoms with Crippen LogP contribution in [0.15, 0.2) is 24.3 Å². The Morgan fingerprint density at radius 3 is 2.39 bits per heavy atom. The molecule has 1 N–H and O–H groups in total. The predicted octanol–water partition coefficient (Wildman–Crippen LogP) is 3.70. The summed E-state index contributed by atoms with van der Waals surface area (Å²) < 4.78 is 37.8. The molecule has 3 rings (SSSR count). The lowest BCUT2D eigenvalue weighted by Crippen LogP contribution is -2.42. The zero-order valence-corrected chi connectivity index (χ0v) is 13.4. The summed E-state index contributed by atoms with van der Waals surface area (Å²) in [5, 5.41) is 17.3. The van der Waals surface area contributed by atoms with Gasteiger partial charge in [0, 0.05) is 23.7 Å². The molecule has 2 heterocycles. The van der Waals surface area contributed by atoms with E-state index in [9.17, 15) is 18.3 Å². The maximum atomic E-state index is 12.6. The third-order valence-corrected chi connectivity index (χ3v) is 5.25. The summed E-state index contributed by atoms with van der Waals surface area (Å²) in [6.45, 7) is 0.766. The summed E-state index contributed by atoms with van der Waals surface area (Å²) in [5.74, 6) is 0. The molecule has 23 heavy (non-hydrogen) atoms. The Balaban J connectivity index is 1.73. The van der Waals surface area contributed by atoms with Crippen molar-refractivity contribution in [2.24, 2.45) is 0 Å². The first-order valence-corrected chi connectivity index (χ1v) is 8.12. The first-order chi connectivity index (χ1) is 10.8. The second-order valence-electron chi connectivity index (χ2n) is 5.39. The van der Waals surface area contributed by atoms with Gasteiger partial charge >= 0.3 is 6.18 Å². The molecule has 1 saturated heterocycles. The van der Waals surface area contributed by atoms with Gasteiger partial charge in [-0.3, -0.25) is 0 Å². The van der Waals surface area contributed by atoms with Gasteiger partial charge in [0.1, 0.15) is 0 Å². The van der Waals surface area contributed by atoms with Crippen LogP contribution in [-0.2, 0) is 11.8 Å². The Morgan fingerprint density at radius 2 is 1.83 bits per heavy atom. The molecule has 0 aliphatic carbocycles. The zero-order valence-electron chi connectivity index (χ0n) is 11.8.